The maximum atomic E-state index is 9.86. The quantitative estimate of drug-likeness (QED) is 0.817. The van der Waals surface area contributed by atoms with E-state index in [0.29, 0.717) is 5.92 Å². The van der Waals surface area contributed by atoms with Gasteiger partial charge in [-0.15, -0.1) is 0 Å². The SMILES string of the molecule is O[C@@H]1CC[C@@H]2CN(Cc3ccccc3)C[C@H]21. The van der Waals surface area contributed by atoms with Crippen LogP contribution < -0.4 is 0 Å². The summed E-state index contributed by atoms with van der Waals surface area (Å²) in [7, 11) is 0. The predicted octanol–water partition coefficient (Wildman–Crippen LogP) is 1.89. The second-order valence-electron chi connectivity index (χ2n) is 5.25. The molecule has 3 rings (SSSR count). The summed E-state index contributed by atoms with van der Waals surface area (Å²) in [6.45, 7) is 3.30. The molecule has 1 saturated heterocycles. The van der Waals surface area contributed by atoms with Gasteiger partial charge >= 0.3 is 0 Å². The van der Waals surface area contributed by atoms with Gasteiger partial charge in [-0.2, -0.15) is 0 Å². The molecule has 0 bridgehead atoms. The third-order valence-electron chi connectivity index (χ3n) is 4.14. The van der Waals surface area contributed by atoms with Crippen LogP contribution in [0.25, 0.3) is 0 Å². The largest absolute Gasteiger partial charge is 0.393 e. The lowest BCUT2D eigenvalue weighted by Crippen LogP contribution is -2.24. The van der Waals surface area contributed by atoms with Crippen molar-refractivity contribution in [2.24, 2.45) is 11.8 Å². The van der Waals surface area contributed by atoms with Gasteiger partial charge in [0.2, 0.25) is 0 Å². The van der Waals surface area contributed by atoms with E-state index in [1.54, 1.807) is 0 Å². The van der Waals surface area contributed by atoms with Crippen molar-refractivity contribution in [2.45, 2.75) is 25.5 Å². The van der Waals surface area contributed by atoms with Crippen molar-refractivity contribution in [2.75, 3.05) is 13.1 Å². The zero-order valence-electron chi connectivity index (χ0n) is 9.55. The summed E-state index contributed by atoms with van der Waals surface area (Å²) in [5.41, 5.74) is 1.39. The highest BCUT2D eigenvalue weighted by Gasteiger charge is 2.41. The second-order valence-corrected chi connectivity index (χ2v) is 5.25. The van der Waals surface area contributed by atoms with Crippen LogP contribution >= 0.6 is 0 Å². The molecule has 0 aromatic heterocycles. The van der Waals surface area contributed by atoms with Crippen molar-refractivity contribution in [3.8, 4) is 0 Å². The Labute approximate surface area is 96.9 Å². The normalized spacial score (nSPS) is 34.2. The van der Waals surface area contributed by atoms with Gasteiger partial charge in [-0.25, -0.2) is 0 Å². The Morgan fingerprint density at radius 2 is 1.94 bits per heavy atom. The molecule has 0 amide bonds. The first-order valence-electron chi connectivity index (χ1n) is 6.27. The van der Waals surface area contributed by atoms with Gasteiger partial charge in [0.25, 0.3) is 0 Å². The summed E-state index contributed by atoms with van der Waals surface area (Å²) in [5, 5.41) is 9.86. The highest BCUT2D eigenvalue weighted by molar-refractivity contribution is 5.15. The molecule has 1 aromatic rings. The van der Waals surface area contributed by atoms with E-state index in [1.165, 1.54) is 18.5 Å². The van der Waals surface area contributed by atoms with E-state index in [2.05, 4.69) is 35.2 Å². The van der Waals surface area contributed by atoms with Gasteiger partial charge in [0.15, 0.2) is 0 Å². The first kappa shape index (κ1) is 10.3. The zero-order chi connectivity index (χ0) is 11.0. The molecular formula is C14H19NO. The minimum atomic E-state index is -0.0363. The molecule has 1 N–H and O–H groups in total. The average Bonchev–Trinajstić information content (AvgIpc) is 2.83. The van der Waals surface area contributed by atoms with Gasteiger partial charge < -0.3 is 5.11 Å². The molecule has 16 heavy (non-hydrogen) atoms. The fraction of sp³-hybridized carbons (Fsp3) is 0.571. The maximum absolute atomic E-state index is 9.86. The minimum absolute atomic E-state index is 0.0363. The van der Waals surface area contributed by atoms with E-state index in [4.69, 9.17) is 0 Å². The van der Waals surface area contributed by atoms with Crippen molar-refractivity contribution in [3.63, 3.8) is 0 Å². The van der Waals surface area contributed by atoms with E-state index in [0.717, 1.165) is 25.4 Å². The number of likely N-dealkylation sites (tertiary alicyclic amines) is 1. The molecule has 1 saturated carbocycles. The lowest BCUT2D eigenvalue weighted by Gasteiger charge is -2.17. The first-order chi connectivity index (χ1) is 7.83. The van der Waals surface area contributed by atoms with Gasteiger partial charge in [-0.3, -0.25) is 4.90 Å². The third kappa shape index (κ3) is 1.87. The number of hydrogen-bond acceptors (Lipinski definition) is 2. The first-order valence-corrected chi connectivity index (χ1v) is 6.27. The Morgan fingerprint density at radius 3 is 2.69 bits per heavy atom. The molecule has 1 aliphatic carbocycles. The molecule has 3 atom stereocenters. The standard InChI is InChI=1S/C14H19NO/c16-14-7-6-12-9-15(10-13(12)14)8-11-4-2-1-3-5-11/h1-5,12-14,16H,6-10H2/t12-,13-,14-/m1/s1. The van der Waals surface area contributed by atoms with Crippen molar-refractivity contribution < 1.29 is 5.11 Å². The molecule has 86 valence electrons. The summed E-state index contributed by atoms with van der Waals surface area (Å²) < 4.78 is 0. The van der Waals surface area contributed by atoms with Crippen LogP contribution in [-0.2, 0) is 6.54 Å². The number of aliphatic hydroxyl groups is 1. The number of aliphatic hydroxyl groups excluding tert-OH is 1. The Kier molecular flexibility index (Phi) is 2.70. The van der Waals surface area contributed by atoms with Gasteiger partial charge in [0, 0.05) is 25.6 Å². The topological polar surface area (TPSA) is 23.5 Å². The molecular weight excluding hydrogens is 198 g/mol. The lowest BCUT2D eigenvalue weighted by atomic mass is 10.00. The molecule has 0 unspecified atom stereocenters. The molecule has 0 spiro atoms. The summed E-state index contributed by atoms with van der Waals surface area (Å²) in [4.78, 5) is 2.49. The van der Waals surface area contributed by atoms with Crippen LogP contribution in [0.1, 0.15) is 18.4 Å². The Morgan fingerprint density at radius 1 is 1.12 bits per heavy atom. The number of benzene rings is 1. The molecule has 1 aromatic carbocycles. The number of hydrogen-bond donors (Lipinski definition) is 1. The van der Waals surface area contributed by atoms with Crippen LogP contribution in [0.4, 0.5) is 0 Å². The van der Waals surface area contributed by atoms with Crippen molar-refractivity contribution in [1.82, 2.24) is 4.90 Å². The van der Waals surface area contributed by atoms with E-state index < -0.39 is 0 Å². The predicted molar refractivity (Wildman–Crippen MR) is 63.9 cm³/mol. The molecule has 2 nitrogen and oxygen atoms in total. The third-order valence-corrected chi connectivity index (χ3v) is 4.14. The molecule has 0 radical (unpaired) electrons. The van der Waals surface area contributed by atoms with Gasteiger partial charge in [-0.1, -0.05) is 30.3 Å². The summed E-state index contributed by atoms with van der Waals surface area (Å²) in [5.74, 6) is 1.29. The van der Waals surface area contributed by atoms with Crippen LogP contribution in [0.2, 0.25) is 0 Å². The van der Waals surface area contributed by atoms with Crippen LogP contribution in [0.15, 0.2) is 30.3 Å². The van der Waals surface area contributed by atoms with Crippen LogP contribution in [-0.4, -0.2) is 29.2 Å². The van der Waals surface area contributed by atoms with Crippen LogP contribution in [0.5, 0.6) is 0 Å². The van der Waals surface area contributed by atoms with Gasteiger partial charge in [0.05, 0.1) is 6.10 Å². The van der Waals surface area contributed by atoms with E-state index in [-0.39, 0.29) is 6.10 Å². The Balaban J connectivity index is 1.63. The Hall–Kier alpha value is -0.860. The average molecular weight is 217 g/mol. The van der Waals surface area contributed by atoms with E-state index >= 15 is 0 Å². The van der Waals surface area contributed by atoms with E-state index in [1.807, 2.05) is 0 Å². The van der Waals surface area contributed by atoms with Gasteiger partial charge in [0.1, 0.15) is 0 Å². The van der Waals surface area contributed by atoms with Crippen molar-refractivity contribution in [1.29, 1.82) is 0 Å². The second kappa shape index (κ2) is 4.19. The zero-order valence-corrected chi connectivity index (χ0v) is 9.55. The monoisotopic (exact) mass is 217 g/mol. The fourth-order valence-electron chi connectivity index (χ4n) is 3.30. The Bertz CT molecular complexity index is 351. The molecule has 1 heterocycles. The molecule has 2 fully saturated rings. The summed E-state index contributed by atoms with van der Waals surface area (Å²) >= 11 is 0. The van der Waals surface area contributed by atoms with Crippen molar-refractivity contribution in [3.05, 3.63) is 35.9 Å². The highest BCUT2D eigenvalue weighted by Crippen LogP contribution is 2.38. The molecule has 2 aliphatic rings. The van der Waals surface area contributed by atoms with Crippen LogP contribution in [0.3, 0.4) is 0 Å². The summed E-state index contributed by atoms with van der Waals surface area (Å²) in [6.07, 6.45) is 2.21. The van der Waals surface area contributed by atoms with Crippen molar-refractivity contribution >= 4 is 0 Å². The maximum Gasteiger partial charge on any atom is 0.0583 e. The molecule has 2 heteroatoms. The number of fused-ring (bicyclic) bond motifs is 1. The summed E-state index contributed by atoms with van der Waals surface area (Å²) in [6, 6.07) is 10.6. The van der Waals surface area contributed by atoms with E-state index in [9.17, 15) is 5.11 Å². The lowest BCUT2D eigenvalue weighted by molar-refractivity contribution is 0.123. The highest BCUT2D eigenvalue weighted by atomic mass is 16.3. The minimum Gasteiger partial charge on any atom is -0.393 e. The number of nitrogens with zero attached hydrogens (tertiary/aromatic N) is 1. The van der Waals surface area contributed by atoms with Crippen LogP contribution in [0, 0.1) is 11.8 Å². The number of rotatable bonds is 2. The molecule has 1 aliphatic heterocycles. The smallest absolute Gasteiger partial charge is 0.0583 e. The van der Waals surface area contributed by atoms with Gasteiger partial charge in [-0.05, 0) is 24.3 Å². The fourth-order valence-corrected chi connectivity index (χ4v) is 3.30.